The molecule has 0 unspecified atom stereocenters. The highest BCUT2D eigenvalue weighted by Gasteiger charge is 2.16. The molecule has 1 N–H and O–H groups in total. The number of carbonyl (C=O) groups excluding carboxylic acids is 1. The molecule has 0 aliphatic carbocycles. The Morgan fingerprint density at radius 2 is 2.06 bits per heavy atom. The second-order valence-electron chi connectivity index (χ2n) is 2.94. The summed E-state index contributed by atoms with van der Waals surface area (Å²) in [4.78, 5) is 22.2. The fourth-order valence-electron chi connectivity index (χ4n) is 1.21. The number of benzene rings is 1. The van der Waals surface area contributed by atoms with E-state index in [0.29, 0.717) is 5.75 Å². The van der Waals surface area contributed by atoms with Crippen LogP contribution in [0.5, 0.6) is 5.75 Å². The van der Waals surface area contributed by atoms with Crippen LogP contribution in [0, 0.1) is 0 Å². The molecule has 5 nitrogen and oxygen atoms in total. The highest BCUT2D eigenvalue weighted by atomic mass is 16.5. The summed E-state index contributed by atoms with van der Waals surface area (Å²) in [5, 5.41) is 8.79. The van der Waals surface area contributed by atoms with Crippen LogP contribution in [0.4, 0.5) is 0 Å². The fourth-order valence-corrected chi connectivity index (χ4v) is 1.21. The average molecular weight is 224 g/mol. The van der Waals surface area contributed by atoms with Gasteiger partial charge in [0, 0.05) is 0 Å². The first-order valence-corrected chi connectivity index (χ1v) is 4.68. The summed E-state index contributed by atoms with van der Waals surface area (Å²) < 4.78 is 9.75. The highest BCUT2D eigenvalue weighted by molar-refractivity contribution is 5.96. The van der Waals surface area contributed by atoms with E-state index in [1.807, 2.05) is 0 Å². The summed E-state index contributed by atoms with van der Waals surface area (Å²) in [5.74, 6) is -1.40. The van der Waals surface area contributed by atoms with Crippen molar-refractivity contribution < 1.29 is 24.2 Å². The molecule has 0 aromatic heterocycles. The third kappa shape index (κ3) is 2.50. The van der Waals surface area contributed by atoms with Gasteiger partial charge in [-0.1, -0.05) is 0 Å². The average Bonchev–Trinajstić information content (AvgIpc) is 2.28. The first-order chi connectivity index (χ1) is 7.60. The Kier molecular flexibility index (Phi) is 3.88. The number of hydrogen-bond acceptors (Lipinski definition) is 4. The van der Waals surface area contributed by atoms with E-state index in [4.69, 9.17) is 14.6 Å². The Morgan fingerprint density at radius 3 is 2.56 bits per heavy atom. The van der Waals surface area contributed by atoms with E-state index in [0.717, 1.165) is 0 Å². The lowest BCUT2D eigenvalue weighted by molar-refractivity contribution is 0.0522. The molecule has 1 rings (SSSR count). The number of carboxylic acid groups (broad SMARTS) is 1. The number of methoxy groups -OCH3 is 1. The molecular weight excluding hydrogens is 212 g/mol. The van der Waals surface area contributed by atoms with Crippen molar-refractivity contribution in [2.24, 2.45) is 0 Å². The zero-order chi connectivity index (χ0) is 12.1. The largest absolute Gasteiger partial charge is 0.496 e. The topological polar surface area (TPSA) is 72.8 Å². The van der Waals surface area contributed by atoms with Gasteiger partial charge in [-0.15, -0.1) is 0 Å². The minimum atomic E-state index is -1.10. The fraction of sp³-hybridized carbons (Fsp3) is 0.273. The summed E-state index contributed by atoms with van der Waals surface area (Å²) >= 11 is 0. The summed E-state index contributed by atoms with van der Waals surface area (Å²) in [6, 6.07) is 4.03. The molecule has 0 aliphatic heterocycles. The normalized spacial score (nSPS) is 9.62. The molecule has 0 radical (unpaired) electrons. The van der Waals surface area contributed by atoms with E-state index in [-0.39, 0.29) is 17.7 Å². The van der Waals surface area contributed by atoms with Gasteiger partial charge in [0.25, 0.3) is 0 Å². The van der Waals surface area contributed by atoms with Crippen molar-refractivity contribution in [2.75, 3.05) is 13.7 Å². The zero-order valence-electron chi connectivity index (χ0n) is 9.02. The van der Waals surface area contributed by atoms with E-state index in [1.165, 1.54) is 25.3 Å². The number of carbonyl (C=O) groups is 2. The summed E-state index contributed by atoms with van der Waals surface area (Å²) in [5.41, 5.74) is 0.133. The van der Waals surface area contributed by atoms with Gasteiger partial charge in [0.1, 0.15) is 11.3 Å². The van der Waals surface area contributed by atoms with Crippen LogP contribution in [0.3, 0.4) is 0 Å². The Balaban J connectivity index is 3.16. The molecule has 5 heteroatoms. The van der Waals surface area contributed by atoms with Crippen LogP contribution in [0.2, 0.25) is 0 Å². The molecule has 1 aromatic carbocycles. The molecule has 0 bridgehead atoms. The van der Waals surface area contributed by atoms with Crippen LogP contribution < -0.4 is 4.74 Å². The standard InChI is InChI=1S/C11H12O5/c1-3-16-11(14)8-6-7(10(12)13)4-5-9(8)15-2/h4-6H,3H2,1-2H3,(H,12,13). The van der Waals surface area contributed by atoms with E-state index >= 15 is 0 Å². The van der Waals surface area contributed by atoms with Gasteiger partial charge in [-0.3, -0.25) is 0 Å². The second-order valence-corrected chi connectivity index (χ2v) is 2.94. The van der Waals surface area contributed by atoms with E-state index < -0.39 is 11.9 Å². The molecule has 0 amide bonds. The van der Waals surface area contributed by atoms with Crippen LogP contribution in [0.1, 0.15) is 27.6 Å². The maximum atomic E-state index is 11.5. The summed E-state index contributed by atoms with van der Waals surface area (Å²) in [6.07, 6.45) is 0. The molecule has 0 fully saturated rings. The Labute approximate surface area is 92.6 Å². The zero-order valence-corrected chi connectivity index (χ0v) is 9.02. The smallest absolute Gasteiger partial charge is 0.341 e. The van der Waals surface area contributed by atoms with Gasteiger partial charge in [0.2, 0.25) is 0 Å². The van der Waals surface area contributed by atoms with Gasteiger partial charge < -0.3 is 14.6 Å². The molecule has 16 heavy (non-hydrogen) atoms. The number of aromatic carboxylic acids is 1. The van der Waals surface area contributed by atoms with Crippen LogP contribution >= 0.6 is 0 Å². The summed E-state index contributed by atoms with van der Waals surface area (Å²) in [6.45, 7) is 1.89. The number of hydrogen-bond donors (Lipinski definition) is 1. The molecular formula is C11H12O5. The molecule has 0 atom stereocenters. The van der Waals surface area contributed by atoms with E-state index in [1.54, 1.807) is 6.92 Å². The van der Waals surface area contributed by atoms with E-state index in [2.05, 4.69) is 0 Å². The SMILES string of the molecule is CCOC(=O)c1cc(C(=O)O)ccc1OC. The lowest BCUT2D eigenvalue weighted by atomic mass is 10.1. The third-order valence-electron chi connectivity index (χ3n) is 1.94. The van der Waals surface area contributed by atoms with Crippen molar-refractivity contribution in [3.05, 3.63) is 29.3 Å². The Hall–Kier alpha value is -2.04. The maximum absolute atomic E-state index is 11.5. The molecule has 86 valence electrons. The predicted molar refractivity (Wildman–Crippen MR) is 55.9 cm³/mol. The van der Waals surface area contributed by atoms with Crippen molar-refractivity contribution in [1.29, 1.82) is 0 Å². The van der Waals surface area contributed by atoms with Gasteiger partial charge in [-0.05, 0) is 25.1 Å². The summed E-state index contributed by atoms with van der Waals surface area (Å²) in [7, 11) is 1.40. The first kappa shape index (κ1) is 12.0. The molecule has 0 saturated carbocycles. The Morgan fingerprint density at radius 1 is 1.38 bits per heavy atom. The van der Waals surface area contributed by atoms with Crippen molar-refractivity contribution >= 4 is 11.9 Å². The van der Waals surface area contributed by atoms with Crippen molar-refractivity contribution in [3.63, 3.8) is 0 Å². The minimum absolute atomic E-state index is 0.0175. The van der Waals surface area contributed by atoms with Crippen LogP contribution in [0.15, 0.2) is 18.2 Å². The lowest BCUT2D eigenvalue weighted by Crippen LogP contribution is -2.08. The minimum Gasteiger partial charge on any atom is -0.496 e. The highest BCUT2D eigenvalue weighted by Crippen LogP contribution is 2.20. The van der Waals surface area contributed by atoms with Gasteiger partial charge in [0.15, 0.2) is 0 Å². The second kappa shape index (κ2) is 5.16. The molecule has 0 aliphatic rings. The molecule has 0 saturated heterocycles. The van der Waals surface area contributed by atoms with Crippen LogP contribution in [0.25, 0.3) is 0 Å². The third-order valence-corrected chi connectivity index (χ3v) is 1.94. The van der Waals surface area contributed by atoms with Gasteiger partial charge in [0.05, 0.1) is 19.3 Å². The van der Waals surface area contributed by atoms with E-state index in [9.17, 15) is 9.59 Å². The van der Waals surface area contributed by atoms with Gasteiger partial charge >= 0.3 is 11.9 Å². The number of rotatable bonds is 4. The Bertz CT molecular complexity index is 411. The van der Waals surface area contributed by atoms with Gasteiger partial charge in [-0.2, -0.15) is 0 Å². The molecule has 1 aromatic rings. The van der Waals surface area contributed by atoms with Crippen molar-refractivity contribution in [1.82, 2.24) is 0 Å². The quantitative estimate of drug-likeness (QED) is 0.786. The van der Waals surface area contributed by atoms with Crippen LogP contribution in [-0.4, -0.2) is 30.8 Å². The van der Waals surface area contributed by atoms with Gasteiger partial charge in [-0.25, -0.2) is 9.59 Å². The lowest BCUT2D eigenvalue weighted by Gasteiger charge is -2.08. The maximum Gasteiger partial charge on any atom is 0.341 e. The number of ether oxygens (including phenoxy) is 2. The van der Waals surface area contributed by atoms with Crippen molar-refractivity contribution in [2.45, 2.75) is 6.92 Å². The predicted octanol–water partition coefficient (Wildman–Crippen LogP) is 1.57. The number of esters is 1. The first-order valence-electron chi connectivity index (χ1n) is 4.68. The number of carboxylic acids is 1. The monoisotopic (exact) mass is 224 g/mol. The van der Waals surface area contributed by atoms with Crippen molar-refractivity contribution in [3.8, 4) is 5.75 Å². The molecule has 0 heterocycles. The van der Waals surface area contributed by atoms with Crippen LogP contribution in [-0.2, 0) is 4.74 Å². The molecule has 0 spiro atoms.